The quantitative estimate of drug-likeness (QED) is 0.236. The number of hydrogen-bond donors (Lipinski definition) is 2. The molecule has 2 rings (SSSR count). The van der Waals surface area contributed by atoms with Gasteiger partial charge < -0.3 is 20.1 Å². The maximum Gasteiger partial charge on any atom is 0.213 e. The molecule has 0 amide bonds. The molecule has 0 saturated heterocycles. The van der Waals surface area contributed by atoms with Gasteiger partial charge >= 0.3 is 0 Å². The van der Waals surface area contributed by atoms with Gasteiger partial charge in [-0.2, -0.15) is 0 Å². The minimum atomic E-state index is 0. The number of nitrogens with one attached hydrogen (secondary N) is 2. The van der Waals surface area contributed by atoms with Crippen molar-refractivity contribution in [2.45, 2.75) is 20.0 Å². The van der Waals surface area contributed by atoms with E-state index in [2.05, 4.69) is 20.6 Å². The number of halogens is 2. The second-order valence-corrected chi connectivity index (χ2v) is 5.96. The molecular weight excluding hydrogens is 479 g/mol. The topological polar surface area (TPSA) is 67.8 Å². The van der Waals surface area contributed by atoms with Crippen LogP contribution >= 0.6 is 35.6 Å². The van der Waals surface area contributed by atoms with Crippen LogP contribution in [-0.4, -0.2) is 37.8 Å². The van der Waals surface area contributed by atoms with Crippen LogP contribution in [0.25, 0.3) is 0 Å². The Hall–Kier alpha value is -1.58. The highest BCUT2D eigenvalue weighted by Gasteiger charge is 2.01. The summed E-state index contributed by atoms with van der Waals surface area (Å²) in [6, 6.07) is 11.6. The molecule has 27 heavy (non-hydrogen) atoms. The fourth-order valence-corrected chi connectivity index (χ4v) is 2.38. The summed E-state index contributed by atoms with van der Waals surface area (Å²) in [6.07, 6.45) is 1.77. The van der Waals surface area contributed by atoms with E-state index in [0.717, 1.165) is 28.7 Å². The summed E-state index contributed by atoms with van der Waals surface area (Å²) in [6.45, 7) is 5.01. The number of rotatable bonds is 9. The molecule has 0 fully saturated rings. The fraction of sp³-hybridized carbons (Fsp3) is 0.368. The molecule has 1 aromatic carbocycles. The number of methoxy groups -OCH3 is 1. The van der Waals surface area contributed by atoms with Gasteiger partial charge in [0.2, 0.25) is 5.88 Å². The minimum Gasteiger partial charge on any atom is -0.475 e. The van der Waals surface area contributed by atoms with Gasteiger partial charge in [0.15, 0.2) is 5.96 Å². The number of pyridine rings is 1. The number of guanidine groups is 1. The number of aromatic nitrogens is 1. The van der Waals surface area contributed by atoms with Crippen molar-refractivity contribution in [2.24, 2.45) is 4.99 Å². The van der Waals surface area contributed by atoms with Crippen molar-refractivity contribution in [2.75, 3.05) is 26.9 Å². The first-order chi connectivity index (χ1) is 12.7. The van der Waals surface area contributed by atoms with Crippen molar-refractivity contribution in [3.63, 3.8) is 0 Å². The summed E-state index contributed by atoms with van der Waals surface area (Å²) in [5.41, 5.74) is 2.10. The van der Waals surface area contributed by atoms with Crippen LogP contribution in [-0.2, 0) is 17.8 Å². The molecule has 0 saturated carbocycles. The standard InChI is InChI=1S/C19H25ClN4O2.HI/c1-3-21-19(23-12-15-5-4-6-17(20)11-15)24-14-16-7-8-18(22-13-16)26-10-9-25-2;/h4-8,11,13H,3,9-10,12,14H2,1-2H3,(H2,21,23,24);1H. The Bertz CT molecular complexity index is 698. The average molecular weight is 505 g/mol. The SMILES string of the molecule is CCNC(=NCc1ccc(OCCOC)nc1)NCc1cccc(Cl)c1.I. The van der Waals surface area contributed by atoms with Gasteiger partial charge in [-0.1, -0.05) is 29.8 Å². The lowest BCUT2D eigenvalue weighted by atomic mass is 10.2. The second-order valence-electron chi connectivity index (χ2n) is 5.52. The smallest absolute Gasteiger partial charge is 0.213 e. The maximum atomic E-state index is 6.02. The van der Waals surface area contributed by atoms with E-state index in [0.29, 0.717) is 32.2 Å². The number of hydrogen-bond acceptors (Lipinski definition) is 4. The zero-order chi connectivity index (χ0) is 18.6. The molecule has 2 aromatic rings. The van der Waals surface area contributed by atoms with Crippen molar-refractivity contribution >= 4 is 41.5 Å². The summed E-state index contributed by atoms with van der Waals surface area (Å²) in [7, 11) is 1.64. The van der Waals surface area contributed by atoms with Crippen molar-refractivity contribution in [3.05, 3.63) is 58.7 Å². The average Bonchev–Trinajstić information content (AvgIpc) is 2.65. The third-order valence-electron chi connectivity index (χ3n) is 3.45. The Morgan fingerprint density at radius 3 is 2.67 bits per heavy atom. The Balaban J connectivity index is 0.00000364. The molecule has 0 aliphatic heterocycles. The third-order valence-corrected chi connectivity index (χ3v) is 3.68. The van der Waals surface area contributed by atoms with E-state index < -0.39 is 0 Å². The first kappa shape index (κ1) is 23.5. The second kappa shape index (κ2) is 13.6. The van der Waals surface area contributed by atoms with Gasteiger partial charge in [0, 0.05) is 37.5 Å². The molecule has 0 aliphatic rings. The molecule has 8 heteroatoms. The molecular formula is C19H26ClIN4O2. The number of aliphatic imine (C=N–C) groups is 1. The van der Waals surface area contributed by atoms with E-state index in [1.807, 2.05) is 43.3 Å². The van der Waals surface area contributed by atoms with Crippen LogP contribution in [0.4, 0.5) is 0 Å². The molecule has 0 bridgehead atoms. The van der Waals surface area contributed by atoms with Gasteiger partial charge in [0.25, 0.3) is 0 Å². The van der Waals surface area contributed by atoms with Crippen molar-refractivity contribution in [1.29, 1.82) is 0 Å². The van der Waals surface area contributed by atoms with Crippen molar-refractivity contribution < 1.29 is 9.47 Å². The number of ether oxygens (including phenoxy) is 2. The minimum absolute atomic E-state index is 0. The molecule has 2 N–H and O–H groups in total. The summed E-state index contributed by atoms with van der Waals surface area (Å²) in [5.74, 6) is 1.33. The largest absolute Gasteiger partial charge is 0.475 e. The summed E-state index contributed by atoms with van der Waals surface area (Å²) < 4.78 is 10.4. The Morgan fingerprint density at radius 2 is 2.00 bits per heavy atom. The summed E-state index contributed by atoms with van der Waals surface area (Å²) >= 11 is 6.02. The summed E-state index contributed by atoms with van der Waals surface area (Å²) in [4.78, 5) is 8.86. The van der Waals surface area contributed by atoms with Crippen molar-refractivity contribution in [1.82, 2.24) is 15.6 Å². The normalized spacial score (nSPS) is 10.9. The van der Waals surface area contributed by atoms with Gasteiger partial charge in [-0.05, 0) is 30.2 Å². The lowest BCUT2D eigenvalue weighted by Crippen LogP contribution is -2.36. The van der Waals surface area contributed by atoms with Crippen LogP contribution in [0.2, 0.25) is 5.02 Å². The van der Waals surface area contributed by atoms with Gasteiger partial charge in [-0.3, -0.25) is 0 Å². The number of benzene rings is 1. The van der Waals surface area contributed by atoms with E-state index >= 15 is 0 Å². The molecule has 0 aliphatic carbocycles. The van der Waals surface area contributed by atoms with E-state index in [9.17, 15) is 0 Å². The monoisotopic (exact) mass is 504 g/mol. The molecule has 6 nitrogen and oxygen atoms in total. The zero-order valence-corrected chi connectivity index (χ0v) is 18.7. The van der Waals surface area contributed by atoms with E-state index in [1.54, 1.807) is 13.3 Å². The van der Waals surface area contributed by atoms with E-state index in [4.69, 9.17) is 21.1 Å². The van der Waals surface area contributed by atoms with E-state index in [-0.39, 0.29) is 24.0 Å². The van der Waals surface area contributed by atoms with Crippen LogP contribution in [0.1, 0.15) is 18.1 Å². The first-order valence-electron chi connectivity index (χ1n) is 8.54. The van der Waals surface area contributed by atoms with Crippen LogP contribution in [0.5, 0.6) is 5.88 Å². The van der Waals surface area contributed by atoms with Gasteiger partial charge in [0.1, 0.15) is 6.61 Å². The Kier molecular flexibility index (Phi) is 11.8. The predicted octanol–water partition coefficient (Wildman–Crippen LogP) is 3.63. The highest BCUT2D eigenvalue weighted by molar-refractivity contribution is 14.0. The van der Waals surface area contributed by atoms with Gasteiger partial charge in [-0.25, -0.2) is 9.98 Å². The first-order valence-corrected chi connectivity index (χ1v) is 8.92. The van der Waals surface area contributed by atoms with Gasteiger partial charge in [0.05, 0.1) is 13.2 Å². The van der Waals surface area contributed by atoms with Crippen molar-refractivity contribution in [3.8, 4) is 5.88 Å². The third kappa shape index (κ3) is 9.25. The predicted molar refractivity (Wildman–Crippen MR) is 120 cm³/mol. The molecule has 0 radical (unpaired) electrons. The van der Waals surface area contributed by atoms with Crippen LogP contribution in [0.3, 0.4) is 0 Å². The molecule has 1 heterocycles. The maximum absolute atomic E-state index is 6.02. The molecule has 0 spiro atoms. The molecule has 0 atom stereocenters. The van der Waals surface area contributed by atoms with Crippen LogP contribution < -0.4 is 15.4 Å². The molecule has 0 unspecified atom stereocenters. The lowest BCUT2D eigenvalue weighted by molar-refractivity contribution is 0.143. The van der Waals surface area contributed by atoms with Crippen LogP contribution in [0, 0.1) is 0 Å². The molecule has 148 valence electrons. The highest BCUT2D eigenvalue weighted by atomic mass is 127. The Morgan fingerprint density at radius 1 is 1.15 bits per heavy atom. The van der Waals surface area contributed by atoms with Gasteiger partial charge in [-0.15, -0.1) is 24.0 Å². The molecule has 1 aromatic heterocycles. The van der Waals surface area contributed by atoms with Crippen LogP contribution in [0.15, 0.2) is 47.6 Å². The Labute approximate surface area is 182 Å². The fourth-order valence-electron chi connectivity index (χ4n) is 2.16. The lowest BCUT2D eigenvalue weighted by Gasteiger charge is -2.11. The zero-order valence-electron chi connectivity index (χ0n) is 15.6. The number of nitrogens with zero attached hydrogens (tertiary/aromatic N) is 2. The highest BCUT2D eigenvalue weighted by Crippen LogP contribution is 2.10. The summed E-state index contributed by atoms with van der Waals surface area (Å²) in [5, 5.41) is 7.26. The van der Waals surface area contributed by atoms with E-state index in [1.165, 1.54) is 0 Å².